The Morgan fingerprint density at radius 2 is 2.10 bits per heavy atom. The highest BCUT2D eigenvalue weighted by atomic mass is 16.4. The number of rotatable bonds is 7. The fourth-order valence-electron chi connectivity index (χ4n) is 2.39. The number of amides is 1. The molecule has 1 aromatic rings. The summed E-state index contributed by atoms with van der Waals surface area (Å²) in [6.45, 7) is 4.40. The molecule has 1 fully saturated rings. The van der Waals surface area contributed by atoms with Crippen LogP contribution in [0.5, 0.6) is 0 Å². The number of anilines is 1. The van der Waals surface area contributed by atoms with Crippen LogP contribution >= 0.6 is 0 Å². The molecule has 21 heavy (non-hydrogen) atoms. The van der Waals surface area contributed by atoms with Crippen LogP contribution in [0.25, 0.3) is 0 Å². The smallest absolute Gasteiger partial charge is 0.304 e. The van der Waals surface area contributed by atoms with Crippen LogP contribution < -0.4 is 5.32 Å². The molecular weight excluding hydrogens is 272 g/mol. The van der Waals surface area contributed by atoms with Crippen LogP contribution in [0.1, 0.15) is 30.7 Å². The van der Waals surface area contributed by atoms with Crippen molar-refractivity contribution in [2.24, 2.45) is 7.05 Å². The van der Waals surface area contributed by atoms with Crippen LogP contribution in [0.2, 0.25) is 0 Å². The number of aryl methyl sites for hydroxylation is 2. The summed E-state index contributed by atoms with van der Waals surface area (Å²) in [6, 6.07) is 0.353. The lowest BCUT2D eigenvalue weighted by Gasteiger charge is -2.20. The van der Waals surface area contributed by atoms with Gasteiger partial charge in [0.15, 0.2) is 0 Å². The molecule has 1 aliphatic rings. The quantitative estimate of drug-likeness (QED) is 0.780. The number of carboxylic acid groups (broad SMARTS) is 1. The normalized spacial score (nSPS) is 14.5. The zero-order valence-electron chi connectivity index (χ0n) is 12.7. The number of carbonyl (C=O) groups excluding carboxylic acids is 1. The minimum Gasteiger partial charge on any atom is -0.481 e. The van der Waals surface area contributed by atoms with Gasteiger partial charge in [0.05, 0.1) is 30.0 Å². The molecule has 0 unspecified atom stereocenters. The molecule has 0 bridgehead atoms. The molecule has 2 rings (SSSR count). The molecule has 0 spiro atoms. The molecule has 0 radical (unpaired) electrons. The molecule has 116 valence electrons. The average molecular weight is 294 g/mol. The number of carboxylic acids is 1. The van der Waals surface area contributed by atoms with Crippen LogP contribution in [-0.2, 0) is 16.6 Å². The highest BCUT2D eigenvalue weighted by Crippen LogP contribution is 2.27. The number of carbonyl (C=O) groups is 2. The predicted molar refractivity (Wildman–Crippen MR) is 78.2 cm³/mol. The summed E-state index contributed by atoms with van der Waals surface area (Å²) in [4.78, 5) is 24.8. The highest BCUT2D eigenvalue weighted by Gasteiger charge is 2.30. The lowest BCUT2D eigenvalue weighted by atomic mass is 10.3. The van der Waals surface area contributed by atoms with E-state index in [4.69, 9.17) is 5.11 Å². The van der Waals surface area contributed by atoms with Gasteiger partial charge in [-0.15, -0.1) is 0 Å². The first-order valence-electron chi connectivity index (χ1n) is 7.14. The van der Waals surface area contributed by atoms with Gasteiger partial charge in [0.1, 0.15) is 0 Å². The molecule has 7 nitrogen and oxygen atoms in total. The van der Waals surface area contributed by atoms with Gasteiger partial charge in [-0.05, 0) is 26.7 Å². The SMILES string of the molecule is Cc1nn(C)c(C)c1NC(=O)CN(CCC(=O)O)C1CC1. The van der Waals surface area contributed by atoms with E-state index < -0.39 is 5.97 Å². The zero-order chi connectivity index (χ0) is 15.6. The zero-order valence-corrected chi connectivity index (χ0v) is 12.7. The minimum atomic E-state index is -0.833. The molecule has 0 aliphatic heterocycles. The lowest BCUT2D eigenvalue weighted by molar-refractivity contribution is -0.137. The summed E-state index contributed by atoms with van der Waals surface area (Å²) >= 11 is 0. The number of aromatic nitrogens is 2. The minimum absolute atomic E-state index is 0.0642. The molecule has 7 heteroatoms. The van der Waals surface area contributed by atoms with Gasteiger partial charge in [-0.25, -0.2) is 0 Å². The molecule has 1 amide bonds. The molecule has 0 atom stereocenters. The Labute approximate surface area is 123 Å². The summed E-state index contributed by atoms with van der Waals surface area (Å²) in [5.41, 5.74) is 2.44. The fourth-order valence-corrected chi connectivity index (χ4v) is 2.39. The molecule has 1 aliphatic carbocycles. The average Bonchev–Trinajstić information content (AvgIpc) is 3.20. The summed E-state index contributed by atoms with van der Waals surface area (Å²) in [5, 5.41) is 15.9. The van der Waals surface area contributed by atoms with Crippen molar-refractivity contribution in [3.05, 3.63) is 11.4 Å². The maximum absolute atomic E-state index is 12.2. The Morgan fingerprint density at radius 3 is 2.57 bits per heavy atom. The standard InChI is InChI=1S/C14H22N4O3/c1-9-14(10(2)17(3)16-9)15-12(19)8-18(11-4-5-11)7-6-13(20)21/h11H,4-8H2,1-3H3,(H,15,19)(H,20,21). The first-order chi connectivity index (χ1) is 9.88. The van der Waals surface area contributed by atoms with Crippen molar-refractivity contribution in [3.63, 3.8) is 0 Å². The Kier molecular flexibility index (Phi) is 4.62. The fraction of sp³-hybridized carbons (Fsp3) is 0.643. The van der Waals surface area contributed by atoms with Crippen LogP contribution in [0.3, 0.4) is 0 Å². The van der Waals surface area contributed by atoms with Crippen LogP contribution in [-0.4, -0.2) is 50.8 Å². The summed E-state index contributed by atoms with van der Waals surface area (Å²) < 4.78 is 1.73. The third-order valence-corrected chi connectivity index (χ3v) is 3.80. The third kappa shape index (κ3) is 4.04. The van der Waals surface area contributed by atoms with E-state index in [1.807, 2.05) is 25.8 Å². The maximum Gasteiger partial charge on any atom is 0.304 e. The Balaban J connectivity index is 1.94. The van der Waals surface area contributed by atoms with E-state index in [9.17, 15) is 9.59 Å². The lowest BCUT2D eigenvalue weighted by Crippen LogP contribution is -2.36. The monoisotopic (exact) mass is 294 g/mol. The van der Waals surface area contributed by atoms with Gasteiger partial charge in [0, 0.05) is 19.6 Å². The van der Waals surface area contributed by atoms with Gasteiger partial charge in [-0.2, -0.15) is 5.10 Å². The second kappa shape index (κ2) is 6.26. The van der Waals surface area contributed by atoms with E-state index in [-0.39, 0.29) is 18.9 Å². The molecule has 1 aromatic heterocycles. The predicted octanol–water partition coefficient (Wildman–Crippen LogP) is 0.915. The van der Waals surface area contributed by atoms with Gasteiger partial charge in [0.2, 0.25) is 5.91 Å². The van der Waals surface area contributed by atoms with E-state index in [0.29, 0.717) is 12.6 Å². The van der Waals surface area contributed by atoms with E-state index in [0.717, 1.165) is 29.9 Å². The van der Waals surface area contributed by atoms with Crippen molar-refractivity contribution < 1.29 is 14.7 Å². The van der Waals surface area contributed by atoms with E-state index in [1.165, 1.54) is 0 Å². The highest BCUT2D eigenvalue weighted by molar-refractivity contribution is 5.93. The molecule has 1 saturated carbocycles. The van der Waals surface area contributed by atoms with Crippen LogP contribution in [0, 0.1) is 13.8 Å². The summed E-state index contributed by atoms with van der Waals surface area (Å²) in [5.74, 6) is -0.952. The van der Waals surface area contributed by atoms with Gasteiger partial charge in [0.25, 0.3) is 0 Å². The summed E-state index contributed by atoms with van der Waals surface area (Å²) in [6.07, 6.45) is 2.14. The van der Waals surface area contributed by atoms with Crippen molar-refractivity contribution in [2.75, 3.05) is 18.4 Å². The maximum atomic E-state index is 12.2. The largest absolute Gasteiger partial charge is 0.481 e. The van der Waals surface area contributed by atoms with Crippen molar-refractivity contribution in [1.29, 1.82) is 0 Å². The second-order valence-electron chi connectivity index (χ2n) is 5.56. The molecule has 1 heterocycles. The first-order valence-corrected chi connectivity index (χ1v) is 7.14. The van der Waals surface area contributed by atoms with Gasteiger partial charge < -0.3 is 10.4 Å². The van der Waals surface area contributed by atoms with Gasteiger partial charge in [-0.1, -0.05) is 0 Å². The Morgan fingerprint density at radius 1 is 1.43 bits per heavy atom. The van der Waals surface area contributed by atoms with Crippen LogP contribution in [0.15, 0.2) is 0 Å². The van der Waals surface area contributed by atoms with Gasteiger partial charge in [-0.3, -0.25) is 19.2 Å². The number of nitrogens with one attached hydrogen (secondary N) is 1. The molecule has 0 saturated heterocycles. The van der Waals surface area contributed by atoms with Crippen molar-refractivity contribution in [3.8, 4) is 0 Å². The van der Waals surface area contributed by atoms with Crippen molar-refractivity contribution >= 4 is 17.6 Å². The Hall–Kier alpha value is -1.89. The van der Waals surface area contributed by atoms with Crippen LogP contribution in [0.4, 0.5) is 5.69 Å². The van der Waals surface area contributed by atoms with Crippen molar-refractivity contribution in [2.45, 2.75) is 39.2 Å². The topological polar surface area (TPSA) is 87.5 Å². The second-order valence-corrected chi connectivity index (χ2v) is 5.56. The number of nitrogens with zero attached hydrogens (tertiary/aromatic N) is 3. The van der Waals surface area contributed by atoms with E-state index in [2.05, 4.69) is 10.4 Å². The van der Waals surface area contributed by atoms with Gasteiger partial charge >= 0.3 is 5.97 Å². The first kappa shape index (κ1) is 15.5. The number of aliphatic carboxylic acids is 1. The molecule has 0 aromatic carbocycles. The van der Waals surface area contributed by atoms with E-state index >= 15 is 0 Å². The van der Waals surface area contributed by atoms with Crippen molar-refractivity contribution in [1.82, 2.24) is 14.7 Å². The summed E-state index contributed by atoms with van der Waals surface area (Å²) in [7, 11) is 1.83. The Bertz CT molecular complexity index is 549. The number of hydrogen-bond donors (Lipinski definition) is 2. The number of hydrogen-bond acceptors (Lipinski definition) is 4. The molecular formula is C14H22N4O3. The third-order valence-electron chi connectivity index (χ3n) is 3.80. The molecule has 2 N–H and O–H groups in total. The van der Waals surface area contributed by atoms with E-state index in [1.54, 1.807) is 4.68 Å².